The lowest BCUT2D eigenvalue weighted by molar-refractivity contribution is -0.137. The number of benzene rings is 2. The van der Waals surface area contributed by atoms with Crippen molar-refractivity contribution in [3.63, 3.8) is 0 Å². The van der Waals surface area contributed by atoms with E-state index in [4.69, 9.17) is 11.6 Å². The average Bonchev–Trinajstić information content (AvgIpc) is 2.82. The highest BCUT2D eigenvalue weighted by Gasteiger charge is 2.33. The van der Waals surface area contributed by atoms with Gasteiger partial charge in [0.25, 0.3) is 0 Å². The molecule has 0 aliphatic heterocycles. The molecule has 1 nitrogen and oxygen atoms in total. The zero-order chi connectivity index (χ0) is 14.3. The summed E-state index contributed by atoms with van der Waals surface area (Å²) in [6.07, 6.45) is -2.72. The van der Waals surface area contributed by atoms with Crippen LogP contribution in [-0.4, -0.2) is 4.57 Å². The summed E-state index contributed by atoms with van der Waals surface area (Å²) in [5.41, 5.74) is 0.459. The van der Waals surface area contributed by atoms with Gasteiger partial charge in [0.2, 0.25) is 0 Å². The quantitative estimate of drug-likeness (QED) is 0.574. The van der Waals surface area contributed by atoms with Gasteiger partial charge in [-0.05, 0) is 35.7 Å². The lowest BCUT2D eigenvalue weighted by Gasteiger charge is -2.12. The van der Waals surface area contributed by atoms with Crippen molar-refractivity contribution in [3.8, 4) is 5.69 Å². The second-order valence-electron chi connectivity index (χ2n) is 4.41. The summed E-state index contributed by atoms with van der Waals surface area (Å²) in [5.74, 6) is 0. The van der Waals surface area contributed by atoms with Crippen LogP contribution in [0.2, 0.25) is 5.02 Å². The van der Waals surface area contributed by atoms with Crippen molar-refractivity contribution < 1.29 is 13.2 Å². The minimum absolute atomic E-state index is 0.294. The summed E-state index contributed by atoms with van der Waals surface area (Å²) in [4.78, 5) is 0. The van der Waals surface area contributed by atoms with E-state index in [-0.39, 0.29) is 5.02 Å². The molecule has 3 rings (SSSR count). The van der Waals surface area contributed by atoms with Crippen LogP contribution in [0, 0.1) is 0 Å². The maximum absolute atomic E-state index is 12.9. The van der Waals surface area contributed by atoms with Crippen molar-refractivity contribution in [3.05, 3.63) is 65.3 Å². The Labute approximate surface area is 118 Å². The van der Waals surface area contributed by atoms with Gasteiger partial charge in [0, 0.05) is 11.9 Å². The van der Waals surface area contributed by atoms with Gasteiger partial charge in [0.1, 0.15) is 0 Å². The zero-order valence-corrected chi connectivity index (χ0v) is 10.9. The van der Waals surface area contributed by atoms with Gasteiger partial charge in [-0.3, -0.25) is 0 Å². The number of hydrogen-bond donors (Lipinski definition) is 0. The molecule has 5 heteroatoms. The molecule has 0 aliphatic rings. The number of nitrogens with zero attached hydrogens (tertiary/aromatic N) is 1. The topological polar surface area (TPSA) is 4.93 Å². The van der Waals surface area contributed by atoms with Crippen LogP contribution in [0.15, 0.2) is 54.7 Å². The molecule has 1 heterocycles. The predicted molar refractivity (Wildman–Crippen MR) is 73.3 cm³/mol. The van der Waals surface area contributed by atoms with E-state index in [9.17, 15) is 13.2 Å². The SMILES string of the molecule is FC(F)(F)c1cc(-n2ccc3ccccc32)ccc1Cl. The molecule has 0 saturated heterocycles. The van der Waals surface area contributed by atoms with E-state index in [0.29, 0.717) is 5.69 Å². The van der Waals surface area contributed by atoms with Crippen LogP contribution in [0.25, 0.3) is 16.6 Å². The molecule has 2 aromatic carbocycles. The Bertz CT molecular complexity index is 774. The van der Waals surface area contributed by atoms with Crippen molar-refractivity contribution >= 4 is 22.5 Å². The fourth-order valence-corrected chi connectivity index (χ4v) is 2.41. The highest BCUT2D eigenvalue weighted by atomic mass is 35.5. The number of alkyl halides is 3. The number of hydrogen-bond acceptors (Lipinski definition) is 0. The largest absolute Gasteiger partial charge is 0.417 e. The third-order valence-corrected chi connectivity index (χ3v) is 3.46. The van der Waals surface area contributed by atoms with Gasteiger partial charge in [-0.2, -0.15) is 13.2 Å². The van der Waals surface area contributed by atoms with E-state index in [1.165, 1.54) is 6.07 Å². The van der Waals surface area contributed by atoms with Crippen LogP contribution in [-0.2, 0) is 6.18 Å². The number of halogens is 4. The molecule has 0 N–H and O–H groups in total. The fourth-order valence-electron chi connectivity index (χ4n) is 2.19. The standard InChI is InChI=1S/C15H9ClF3N/c16-13-6-5-11(9-12(13)15(17,18)19)20-8-7-10-3-1-2-4-14(10)20/h1-9H. The first kappa shape index (κ1) is 13.1. The van der Waals surface area contributed by atoms with Crippen LogP contribution >= 0.6 is 11.6 Å². The Morgan fingerprint density at radius 1 is 0.950 bits per heavy atom. The molecule has 20 heavy (non-hydrogen) atoms. The summed E-state index contributed by atoms with van der Waals surface area (Å²) < 4.78 is 40.4. The molecule has 1 aromatic heterocycles. The molecule has 3 aromatic rings. The first-order chi connectivity index (χ1) is 9.47. The number of fused-ring (bicyclic) bond motifs is 1. The molecule has 0 amide bonds. The van der Waals surface area contributed by atoms with Gasteiger partial charge in [-0.15, -0.1) is 0 Å². The monoisotopic (exact) mass is 295 g/mol. The number of aromatic nitrogens is 1. The highest BCUT2D eigenvalue weighted by Crippen LogP contribution is 2.36. The summed E-state index contributed by atoms with van der Waals surface area (Å²) in [7, 11) is 0. The van der Waals surface area contributed by atoms with Gasteiger partial charge >= 0.3 is 6.18 Å². The number of para-hydroxylation sites is 1. The predicted octanol–water partition coefficient (Wildman–Crippen LogP) is 5.30. The van der Waals surface area contributed by atoms with Gasteiger partial charge in [-0.25, -0.2) is 0 Å². The molecule has 0 atom stereocenters. The molecule has 0 spiro atoms. The van der Waals surface area contributed by atoms with Crippen molar-refractivity contribution in [1.82, 2.24) is 4.57 Å². The lowest BCUT2D eigenvalue weighted by Crippen LogP contribution is -2.07. The minimum Gasteiger partial charge on any atom is -0.317 e. The van der Waals surface area contributed by atoms with E-state index in [0.717, 1.165) is 17.0 Å². The third-order valence-electron chi connectivity index (χ3n) is 3.13. The average molecular weight is 296 g/mol. The molecule has 0 bridgehead atoms. The second kappa shape index (κ2) is 4.56. The van der Waals surface area contributed by atoms with Gasteiger partial charge in [0.05, 0.1) is 16.1 Å². The van der Waals surface area contributed by atoms with Crippen molar-refractivity contribution in [2.75, 3.05) is 0 Å². The van der Waals surface area contributed by atoms with Gasteiger partial charge in [0.15, 0.2) is 0 Å². The first-order valence-corrected chi connectivity index (χ1v) is 6.28. The maximum atomic E-state index is 12.9. The Balaban J connectivity index is 2.20. The van der Waals surface area contributed by atoms with Crippen LogP contribution < -0.4 is 0 Å². The molecule has 0 unspecified atom stereocenters. The summed E-state index contributed by atoms with van der Waals surface area (Å²) >= 11 is 5.63. The maximum Gasteiger partial charge on any atom is 0.417 e. The summed E-state index contributed by atoms with van der Waals surface area (Å²) in [6.45, 7) is 0. The Morgan fingerprint density at radius 3 is 2.45 bits per heavy atom. The van der Waals surface area contributed by atoms with Gasteiger partial charge < -0.3 is 4.57 Å². The smallest absolute Gasteiger partial charge is 0.317 e. The summed E-state index contributed by atoms with van der Waals surface area (Å²) in [5, 5.41) is 0.675. The van der Waals surface area contributed by atoms with Crippen molar-refractivity contribution in [2.24, 2.45) is 0 Å². The van der Waals surface area contributed by atoms with E-state index in [1.807, 2.05) is 30.3 Å². The van der Waals surface area contributed by atoms with E-state index in [2.05, 4.69) is 0 Å². The normalized spacial score (nSPS) is 12.0. The van der Waals surface area contributed by atoms with Crippen LogP contribution in [0.1, 0.15) is 5.56 Å². The van der Waals surface area contributed by atoms with Crippen LogP contribution in [0.3, 0.4) is 0 Å². The van der Waals surface area contributed by atoms with E-state index < -0.39 is 11.7 Å². The van der Waals surface area contributed by atoms with E-state index >= 15 is 0 Å². The van der Waals surface area contributed by atoms with Gasteiger partial charge in [-0.1, -0.05) is 29.8 Å². The molecule has 0 aliphatic carbocycles. The second-order valence-corrected chi connectivity index (χ2v) is 4.81. The van der Waals surface area contributed by atoms with E-state index in [1.54, 1.807) is 16.8 Å². The molecular formula is C15H9ClF3N. The fraction of sp³-hybridized carbons (Fsp3) is 0.0667. The van der Waals surface area contributed by atoms with Crippen LogP contribution in [0.5, 0.6) is 0 Å². The molecule has 0 radical (unpaired) electrons. The molecule has 0 fully saturated rings. The number of rotatable bonds is 1. The Morgan fingerprint density at radius 2 is 1.70 bits per heavy atom. The molecular weight excluding hydrogens is 287 g/mol. The molecule has 102 valence electrons. The Hall–Kier alpha value is -1.94. The van der Waals surface area contributed by atoms with Crippen LogP contribution in [0.4, 0.5) is 13.2 Å². The zero-order valence-electron chi connectivity index (χ0n) is 10.2. The minimum atomic E-state index is -4.46. The Kier molecular flexibility index (Phi) is 2.98. The van der Waals surface area contributed by atoms with Crippen molar-refractivity contribution in [2.45, 2.75) is 6.18 Å². The molecule has 0 saturated carbocycles. The third kappa shape index (κ3) is 2.16. The highest BCUT2D eigenvalue weighted by molar-refractivity contribution is 6.31. The first-order valence-electron chi connectivity index (χ1n) is 5.90. The lowest BCUT2D eigenvalue weighted by atomic mass is 10.2. The van der Waals surface area contributed by atoms with Crippen molar-refractivity contribution in [1.29, 1.82) is 0 Å². The summed E-state index contributed by atoms with van der Waals surface area (Å²) in [6, 6.07) is 13.3.